The Morgan fingerprint density at radius 1 is 1.25 bits per heavy atom. The number of benzene rings is 1. The van der Waals surface area contributed by atoms with Crippen LogP contribution in [0.4, 0.5) is 0 Å². The Labute approximate surface area is 137 Å². The molecule has 0 aliphatic carbocycles. The number of carbonyl (C=O) groups is 5. The van der Waals surface area contributed by atoms with Crippen molar-refractivity contribution in [2.45, 2.75) is 31.8 Å². The number of hydrogen-bond acceptors (Lipinski definition) is 5. The number of nitrogens with one attached hydrogen (secondary N) is 1. The topological polar surface area (TPSA) is 127 Å². The quantitative estimate of drug-likeness (QED) is 0.438. The van der Waals surface area contributed by atoms with Crippen LogP contribution in [-0.4, -0.2) is 40.4 Å². The number of nitrogens with two attached hydrogens (primary N) is 1. The monoisotopic (exact) mass is 329 g/mol. The van der Waals surface area contributed by atoms with Crippen molar-refractivity contribution in [3.8, 4) is 0 Å². The second-order valence-electron chi connectivity index (χ2n) is 5.84. The summed E-state index contributed by atoms with van der Waals surface area (Å²) >= 11 is 0. The maximum Gasteiger partial charge on any atom is 0.255 e. The van der Waals surface area contributed by atoms with Crippen molar-refractivity contribution in [1.29, 1.82) is 0 Å². The molecule has 0 spiro atoms. The van der Waals surface area contributed by atoms with E-state index in [9.17, 15) is 24.0 Å². The summed E-state index contributed by atoms with van der Waals surface area (Å²) in [5.74, 6) is -2.40. The van der Waals surface area contributed by atoms with E-state index < -0.39 is 30.1 Å². The van der Waals surface area contributed by atoms with Crippen molar-refractivity contribution in [3.05, 3.63) is 34.9 Å². The van der Waals surface area contributed by atoms with E-state index >= 15 is 0 Å². The molecular formula is C16H15N3O5. The molecule has 2 heterocycles. The molecule has 0 saturated carbocycles. The van der Waals surface area contributed by atoms with Gasteiger partial charge in [-0.3, -0.25) is 29.3 Å². The Bertz CT molecular complexity index is 786. The van der Waals surface area contributed by atoms with E-state index in [2.05, 4.69) is 5.32 Å². The molecule has 1 fully saturated rings. The highest BCUT2D eigenvalue weighted by Gasteiger charge is 2.39. The molecule has 3 N–H and O–H groups in total. The number of piperidine rings is 1. The normalized spacial score (nSPS) is 19.9. The first-order valence-corrected chi connectivity index (χ1v) is 7.46. The molecule has 8 nitrogen and oxygen atoms in total. The summed E-state index contributed by atoms with van der Waals surface area (Å²) in [6.45, 7) is 0.241. The number of primary amides is 1. The van der Waals surface area contributed by atoms with Crippen LogP contribution in [0.3, 0.4) is 0 Å². The first-order valence-electron chi connectivity index (χ1n) is 7.46. The molecule has 124 valence electrons. The van der Waals surface area contributed by atoms with E-state index in [1.54, 1.807) is 6.07 Å². The number of rotatable bonds is 4. The lowest BCUT2D eigenvalue weighted by Gasteiger charge is -2.29. The Hall–Kier alpha value is -3.03. The van der Waals surface area contributed by atoms with Crippen LogP contribution in [0.1, 0.15) is 45.5 Å². The first kappa shape index (κ1) is 15.9. The molecule has 2 aliphatic heterocycles. The molecule has 0 aromatic heterocycles. The van der Waals surface area contributed by atoms with Gasteiger partial charge in [0.15, 0.2) is 5.78 Å². The highest BCUT2D eigenvalue weighted by Crippen LogP contribution is 2.28. The van der Waals surface area contributed by atoms with Gasteiger partial charge in [0.1, 0.15) is 6.04 Å². The van der Waals surface area contributed by atoms with E-state index in [1.165, 1.54) is 17.0 Å². The van der Waals surface area contributed by atoms with E-state index in [4.69, 9.17) is 5.73 Å². The lowest BCUT2D eigenvalue weighted by Crippen LogP contribution is -2.52. The predicted molar refractivity (Wildman–Crippen MR) is 80.6 cm³/mol. The largest absolute Gasteiger partial charge is 0.369 e. The number of hydrogen-bond donors (Lipinski definition) is 2. The van der Waals surface area contributed by atoms with Gasteiger partial charge < -0.3 is 10.6 Å². The molecule has 8 heteroatoms. The van der Waals surface area contributed by atoms with Crippen LogP contribution in [0.25, 0.3) is 0 Å². The summed E-state index contributed by atoms with van der Waals surface area (Å²) in [6.07, 6.45) is 0.0283. The van der Waals surface area contributed by atoms with Gasteiger partial charge >= 0.3 is 0 Å². The molecule has 0 bridgehead atoms. The number of ketones is 1. The fourth-order valence-electron chi connectivity index (χ4n) is 2.99. The van der Waals surface area contributed by atoms with Crippen molar-refractivity contribution in [2.75, 3.05) is 0 Å². The molecule has 3 rings (SSSR count). The Morgan fingerprint density at radius 2 is 2.00 bits per heavy atom. The van der Waals surface area contributed by atoms with E-state index in [-0.39, 0.29) is 36.8 Å². The Morgan fingerprint density at radius 3 is 2.67 bits per heavy atom. The van der Waals surface area contributed by atoms with Gasteiger partial charge in [0, 0.05) is 24.1 Å². The van der Waals surface area contributed by atoms with E-state index in [0.717, 1.165) is 0 Å². The zero-order chi connectivity index (χ0) is 17.4. The Kier molecular flexibility index (Phi) is 3.88. The van der Waals surface area contributed by atoms with Crippen LogP contribution in [0, 0.1) is 0 Å². The third-order valence-electron chi connectivity index (χ3n) is 4.18. The number of amides is 4. The Balaban J connectivity index is 1.83. The lowest BCUT2D eigenvalue weighted by atomic mass is 10.0. The summed E-state index contributed by atoms with van der Waals surface area (Å²) in [6, 6.07) is 3.89. The highest BCUT2D eigenvalue weighted by atomic mass is 16.2. The van der Waals surface area contributed by atoms with Crippen LogP contribution in [-0.2, 0) is 20.9 Å². The summed E-state index contributed by atoms with van der Waals surface area (Å²) in [5, 5.41) is 2.23. The zero-order valence-electron chi connectivity index (χ0n) is 12.7. The van der Waals surface area contributed by atoms with Crippen molar-refractivity contribution >= 4 is 29.4 Å². The number of imide groups is 1. The third-order valence-corrected chi connectivity index (χ3v) is 4.18. The summed E-state index contributed by atoms with van der Waals surface area (Å²) in [4.78, 5) is 59.9. The molecule has 1 unspecified atom stereocenters. The fraction of sp³-hybridized carbons (Fsp3) is 0.312. The molecule has 1 aromatic carbocycles. The minimum atomic E-state index is -0.739. The zero-order valence-corrected chi connectivity index (χ0v) is 12.7. The molecule has 0 radical (unpaired) electrons. The van der Waals surface area contributed by atoms with Crippen LogP contribution in [0.5, 0.6) is 0 Å². The molecule has 1 saturated heterocycles. The molecular weight excluding hydrogens is 314 g/mol. The van der Waals surface area contributed by atoms with Crippen LogP contribution in [0.2, 0.25) is 0 Å². The standard InChI is InChI=1S/C16H15N3O5/c17-13(21)6-12(20)8-1-2-9-7-19(16(24)10(9)5-8)11-3-4-14(22)18-15(11)23/h1-2,5,11H,3-4,6-7H2,(H2,17,21)(H,18,22,23). The molecule has 2 aliphatic rings. The van der Waals surface area contributed by atoms with Crippen LogP contribution < -0.4 is 11.1 Å². The molecule has 24 heavy (non-hydrogen) atoms. The van der Waals surface area contributed by atoms with E-state index in [1.807, 2.05) is 0 Å². The highest BCUT2D eigenvalue weighted by molar-refractivity contribution is 6.09. The molecule has 1 atom stereocenters. The lowest BCUT2D eigenvalue weighted by molar-refractivity contribution is -0.137. The van der Waals surface area contributed by atoms with Crippen molar-refractivity contribution in [1.82, 2.24) is 10.2 Å². The second-order valence-corrected chi connectivity index (χ2v) is 5.84. The molecule has 4 amide bonds. The van der Waals surface area contributed by atoms with Crippen molar-refractivity contribution in [2.24, 2.45) is 5.73 Å². The first-order chi connectivity index (χ1) is 11.4. The van der Waals surface area contributed by atoms with Crippen molar-refractivity contribution in [3.63, 3.8) is 0 Å². The summed E-state index contributed by atoms with van der Waals surface area (Å²) in [5.41, 5.74) is 6.26. The van der Waals surface area contributed by atoms with Gasteiger partial charge in [0.05, 0.1) is 6.42 Å². The smallest absolute Gasteiger partial charge is 0.255 e. The predicted octanol–water partition coefficient (Wildman–Crippen LogP) is -0.494. The minimum absolute atomic E-state index is 0.179. The van der Waals surface area contributed by atoms with Gasteiger partial charge in [-0.15, -0.1) is 0 Å². The van der Waals surface area contributed by atoms with Gasteiger partial charge in [0.2, 0.25) is 17.7 Å². The van der Waals surface area contributed by atoms with Crippen LogP contribution in [0.15, 0.2) is 18.2 Å². The number of carbonyl (C=O) groups excluding carboxylic acids is 5. The number of nitrogens with zero attached hydrogens (tertiary/aromatic N) is 1. The summed E-state index contributed by atoms with van der Waals surface area (Å²) < 4.78 is 0. The van der Waals surface area contributed by atoms with E-state index in [0.29, 0.717) is 11.1 Å². The van der Waals surface area contributed by atoms with Gasteiger partial charge in [-0.05, 0) is 18.1 Å². The minimum Gasteiger partial charge on any atom is -0.369 e. The van der Waals surface area contributed by atoms with Gasteiger partial charge in [-0.25, -0.2) is 0 Å². The fourth-order valence-corrected chi connectivity index (χ4v) is 2.99. The average molecular weight is 329 g/mol. The maximum atomic E-state index is 12.6. The van der Waals surface area contributed by atoms with Crippen molar-refractivity contribution < 1.29 is 24.0 Å². The number of fused-ring (bicyclic) bond motifs is 1. The third kappa shape index (κ3) is 2.78. The maximum absolute atomic E-state index is 12.6. The average Bonchev–Trinajstić information content (AvgIpc) is 2.83. The van der Waals surface area contributed by atoms with Gasteiger partial charge in [0.25, 0.3) is 5.91 Å². The van der Waals surface area contributed by atoms with Crippen LogP contribution >= 0.6 is 0 Å². The second kappa shape index (κ2) is 5.88. The summed E-state index contributed by atoms with van der Waals surface area (Å²) in [7, 11) is 0. The number of Topliss-reactive ketones (excluding diaryl/α,β-unsaturated/α-hetero) is 1. The van der Waals surface area contributed by atoms with Gasteiger partial charge in [-0.2, -0.15) is 0 Å². The molecule has 1 aromatic rings. The SMILES string of the molecule is NC(=O)CC(=O)c1ccc2c(c1)C(=O)N(C1CCC(=O)NC1=O)C2. The van der Waals surface area contributed by atoms with Gasteiger partial charge in [-0.1, -0.05) is 12.1 Å².